The standard InChI is InChI=1S/C20H27N3O3/c1-24-19-9-3-2-6-16(19)14-22-20(23-15-18-8-5-13-26-18)21-11-10-17-7-4-12-25-17/h2-4,6-7,9,12,18H,5,8,10-11,13-15H2,1H3,(H2,21,22,23). The number of hydrogen-bond donors (Lipinski definition) is 2. The van der Waals surface area contributed by atoms with Gasteiger partial charge in [-0.05, 0) is 31.0 Å². The van der Waals surface area contributed by atoms with Gasteiger partial charge in [-0.3, -0.25) is 0 Å². The Balaban J connectivity index is 1.58. The number of nitrogens with zero attached hydrogens (tertiary/aromatic N) is 1. The highest BCUT2D eigenvalue weighted by molar-refractivity contribution is 5.79. The van der Waals surface area contributed by atoms with Gasteiger partial charge in [0.1, 0.15) is 11.5 Å². The lowest BCUT2D eigenvalue weighted by Gasteiger charge is -2.16. The highest BCUT2D eigenvalue weighted by Gasteiger charge is 2.15. The number of benzene rings is 1. The summed E-state index contributed by atoms with van der Waals surface area (Å²) in [6, 6.07) is 11.8. The zero-order valence-corrected chi connectivity index (χ0v) is 15.2. The van der Waals surface area contributed by atoms with Gasteiger partial charge in [0.25, 0.3) is 0 Å². The Bertz CT molecular complexity index is 679. The molecule has 1 aromatic heterocycles. The molecule has 2 aromatic rings. The molecule has 0 bridgehead atoms. The fourth-order valence-electron chi connectivity index (χ4n) is 2.95. The van der Waals surface area contributed by atoms with Gasteiger partial charge in [-0.2, -0.15) is 0 Å². The Labute approximate surface area is 154 Å². The topological polar surface area (TPSA) is 68.0 Å². The Hall–Kier alpha value is -2.47. The van der Waals surface area contributed by atoms with Crippen molar-refractivity contribution in [3.63, 3.8) is 0 Å². The van der Waals surface area contributed by atoms with E-state index in [1.165, 1.54) is 0 Å². The minimum atomic E-state index is 0.262. The number of para-hydroxylation sites is 1. The first-order valence-corrected chi connectivity index (χ1v) is 9.13. The monoisotopic (exact) mass is 357 g/mol. The molecule has 26 heavy (non-hydrogen) atoms. The van der Waals surface area contributed by atoms with Crippen LogP contribution in [0.5, 0.6) is 5.75 Å². The second-order valence-corrected chi connectivity index (χ2v) is 6.25. The molecular formula is C20H27N3O3. The summed E-state index contributed by atoms with van der Waals surface area (Å²) in [5.41, 5.74) is 1.05. The zero-order chi connectivity index (χ0) is 18.0. The van der Waals surface area contributed by atoms with Crippen molar-refractivity contribution in [2.45, 2.75) is 31.9 Å². The fraction of sp³-hybridized carbons (Fsp3) is 0.450. The lowest BCUT2D eigenvalue weighted by molar-refractivity contribution is 0.114. The van der Waals surface area contributed by atoms with Crippen LogP contribution >= 0.6 is 0 Å². The molecule has 6 nitrogen and oxygen atoms in total. The van der Waals surface area contributed by atoms with Crippen LogP contribution in [-0.4, -0.2) is 38.9 Å². The minimum absolute atomic E-state index is 0.262. The van der Waals surface area contributed by atoms with E-state index in [1.54, 1.807) is 13.4 Å². The fourth-order valence-corrected chi connectivity index (χ4v) is 2.95. The van der Waals surface area contributed by atoms with Crippen molar-refractivity contribution in [1.82, 2.24) is 10.6 Å². The number of furan rings is 1. The number of rotatable bonds is 8. The van der Waals surface area contributed by atoms with Crippen molar-refractivity contribution in [1.29, 1.82) is 0 Å². The van der Waals surface area contributed by atoms with E-state index in [1.807, 2.05) is 36.4 Å². The maximum absolute atomic E-state index is 5.69. The van der Waals surface area contributed by atoms with Gasteiger partial charge in [0.2, 0.25) is 0 Å². The number of methoxy groups -OCH3 is 1. The number of hydrogen-bond acceptors (Lipinski definition) is 4. The summed E-state index contributed by atoms with van der Waals surface area (Å²) in [6.07, 6.45) is 4.99. The Kier molecular flexibility index (Phi) is 6.96. The van der Waals surface area contributed by atoms with Crippen LogP contribution in [0.2, 0.25) is 0 Å². The number of nitrogens with one attached hydrogen (secondary N) is 2. The van der Waals surface area contributed by atoms with Gasteiger partial charge >= 0.3 is 0 Å². The molecule has 1 aliphatic rings. The normalized spacial score (nSPS) is 17.3. The number of aliphatic imine (C=N–C) groups is 1. The quantitative estimate of drug-likeness (QED) is 0.562. The summed E-state index contributed by atoms with van der Waals surface area (Å²) in [6.45, 7) is 2.91. The highest BCUT2D eigenvalue weighted by Crippen LogP contribution is 2.18. The molecule has 1 unspecified atom stereocenters. The summed E-state index contributed by atoms with van der Waals surface area (Å²) in [4.78, 5) is 4.71. The third kappa shape index (κ3) is 5.52. The van der Waals surface area contributed by atoms with Crippen molar-refractivity contribution in [3.05, 3.63) is 54.0 Å². The smallest absolute Gasteiger partial charge is 0.191 e. The molecule has 3 rings (SSSR count). The summed E-state index contributed by atoms with van der Waals surface area (Å²) in [5.74, 6) is 2.59. The molecule has 2 N–H and O–H groups in total. The van der Waals surface area contributed by atoms with E-state index in [0.29, 0.717) is 6.54 Å². The van der Waals surface area contributed by atoms with Gasteiger partial charge in [0.05, 0.1) is 26.0 Å². The average Bonchev–Trinajstić information content (AvgIpc) is 3.37. The van der Waals surface area contributed by atoms with Crippen LogP contribution in [0.25, 0.3) is 0 Å². The summed E-state index contributed by atoms with van der Waals surface area (Å²) in [7, 11) is 1.68. The van der Waals surface area contributed by atoms with E-state index in [2.05, 4.69) is 10.6 Å². The van der Waals surface area contributed by atoms with Gasteiger partial charge in [0.15, 0.2) is 5.96 Å². The third-order valence-electron chi connectivity index (χ3n) is 4.37. The van der Waals surface area contributed by atoms with Crippen LogP contribution in [0, 0.1) is 0 Å². The van der Waals surface area contributed by atoms with Crippen LogP contribution < -0.4 is 15.4 Å². The number of guanidine groups is 1. The lowest BCUT2D eigenvalue weighted by Crippen LogP contribution is -2.41. The summed E-state index contributed by atoms with van der Waals surface area (Å²) >= 11 is 0. The molecule has 1 atom stereocenters. The van der Waals surface area contributed by atoms with Gasteiger partial charge in [0, 0.05) is 31.7 Å². The van der Waals surface area contributed by atoms with Gasteiger partial charge in [-0.15, -0.1) is 0 Å². The largest absolute Gasteiger partial charge is 0.496 e. The first kappa shape index (κ1) is 18.3. The molecule has 1 saturated heterocycles. The third-order valence-corrected chi connectivity index (χ3v) is 4.37. The molecule has 140 valence electrons. The zero-order valence-electron chi connectivity index (χ0n) is 15.2. The molecule has 1 fully saturated rings. The first-order valence-electron chi connectivity index (χ1n) is 9.13. The maximum Gasteiger partial charge on any atom is 0.191 e. The van der Waals surface area contributed by atoms with Gasteiger partial charge in [-0.25, -0.2) is 4.99 Å². The second-order valence-electron chi connectivity index (χ2n) is 6.25. The summed E-state index contributed by atoms with van der Waals surface area (Å²) in [5, 5.41) is 6.76. The van der Waals surface area contributed by atoms with Crippen molar-refractivity contribution >= 4 is 5.96 Å². The first-order chi connectivity index (χ1) is 12.8. The van der Waals surface area contributed by atoms with E-state index in [-0.39, 0.29) is 6.10 Å². The summed E-state index contributed by atoms with van der Waals surface area (Å²) < 4.78 is 16.5. The molecule has 0 saturated carbocycles. The Morgan fingerprint density at radius 3 is 2.92 bits per heavy atom. The SMILES string of the molecule is COc1ccccc1CN=C(NCCc1ccco1)NCC1CCCO1. The predicted molar refractivity (Wildman–Crippen MR) is 102 cm³/mol. The van der Waals surface area contributed by atoms with Gasteiger partial charge < -0.3 is 24.5 Å². The van der Waals surface area contributed by atoms with Crippen LogP contribution in [0.4, 0.5) is 0 Å². The molecule has 1 aliphatic heterocycles. The van der Waals surface area contributed by atoms with Crippen molar-refractivity contribution in [3.8, 4) is 5.75 Å². The minimum Gasteiger partial charge on any atom is -0.496 e. The number of ether oxygens (including phenoxy) is 2. The van der Waals surface area contributed by atoms with Crippen LogP contribution in [0.15, 0.2) is 52.1 Å². The highest BCUT2D eigenvalue weighted by atomic mass is 16.5. The van der Waals surface area contributed by atoms with E-state index >= 15 is 0 Å². The second kappa shape index (κ2) is 9.87. The van der Waals surface area contributed by atoms with Crippen molar-refractivity contribution in [2.24, 2.45) is 4.99 Å². The van der Waals surface area contributed by atoms with E-state index in [0.717, 1.165) is 62.0 Å². The molecule has 0 amide bonds. The lowest BCUT2D eigenvalue weighted by atomic mass is 10.2. The Morgan fingerprint density at radius 1 is 1.23 bits per heavy atom. The molecule has 1 aromatic carbocycles. The average molecular weight is 357 g/mol. The Morgan fingerprint density at radius 2 is 2.15 bits per heavy atom. The molecular weight excluding hydrogens is 330 g/mol. The van der Waals surface area contributed by atoms with E-state index in [9.17, 15) is 0 Å². The van der Waals surface area contributed by atoms with E-state index in [4.69, 9.17) is 18.9 Å². The van der Waals surface area contributed by atoms with Crippen LogP contribution in [-0.2, 0) is 17.7 Å². The molecule has 2 heterocycles. The van der Waals surface area contributed by atoms with E-state index < -0.39 is 0 Å². The predicted octanol–water partition coefficient (Wildman–Crippen LogP) is 2.75. The maximum atomic E-state index is 5.69. The van der Waals surface area contributed by atoms with Crippen LogP contribution in [0.1, 0.15) is 24.2 Å². The molecule has 0 spiro atoms. The molecule has 6 heteroatoms. The van der Waals surface area contributed by atoms with Crippen molar-refractivity contribution in [2.75, 3.05) is 26.8 Å². The molecule has 0 radical (unpaired) electrons. The van der Waals surface area contributed by atoms with Gasteiger partial charge in [-0.1, -0.05) is 18.2 Å². The van der Waals surface area contributed by atoms with Crippen LogP contribution in [0.3, 0.4) is 0 Å². The van der Waals surface area contributed by atoms with Crippen molar-refractivity contribution < 1.29 is 13.9 Å². The molecule has 0 aliphatic carbocycles.